The van der Waals surface area contributed by atoms with E-state index in [1.807, 2.05) is 6.07 Å². The van der Waals surface area contributed by atoms with Crippen LogP contribution >= 0.6 is 38.6 Å². The third-order valence-electron chi connectivity index (χ3n) is 4.08. The largest absolute Gasteiger partial charge is 0.307 e. The van der Waals surface area contributed by atoms with Gasteiger partial charge in [0.05, 0.1) is 34.8 Å². The van der Waals surface area contributed by atoms with Crippen molar-refractivity contribution in [2.45, 2.75) is 20.8 Å². The summed E-state index contributed by atoms with van der Waals surface area (Å²) < 4.78 is 5.85. The molecule has 0 saturated heterocycles. The molecule has 0 N–H and O–H groups in total. The number of hydrogen-bond donors (Lipinski definition) is 0. The zero-order valence-electron chi connectivity index (χ0n) is 12.9. The Hall–Kier alpha value is -1.43. The molecule has 116 valence electrons. The summed E-state index contributed by atoms with van der Waals surface area (Å²) in [5.41, 5.74) is 7.33. The Bertz CT molecular complexity index is 1060. The summed E-state index contributed by atoms with van der Waals surface area (Å²) >= 11 is 6.91. The van der Waals surface area contributed by atoms with Crippen molar-refractivity contribution in [3.8, 4) is 5.69 Å². The number of aryl methyl sites for hydroxylation is 3. The van der Waals surface area contributed by atoms with E-state index in [0.29, 0.717) is 0 Å². The molecule has 0 aliphatic carbocycles. The highest BCUT2D eigenvalue weighted by Gasteiger charge is 2.20. The smallest absolute Gasteiger partial charge is 0.160 e. The van der Waals surface area contributed by atoms with Gasteiger partial charge in [-0.05, 0) is 60.0 Å². The van der Waals surface area contributed by atoms with Crippen LogP contribution < -0.4 is 0 Å². The molecule has 0 fully saturated rings. The fourth-order valence-electron chi connectivity index (χ4n) is 3.36. The van der Waals surface area contributed by atoms with Gasteiger partial charge in [0.1, 0.15) is 0 Å². The molecular formula is C18H14BrNOS2. The standard InChI is InChI=1S/C18H14BrNOS2/c1-9-4-10(2)16(11(3)5-9)20-13-6-12(8-21)22-17(13)18-14(20)7-15(19)23-18/h4-8H,1-3H3. The first-order chi connectivity index (χ1) is 11.0. The molecule has 0 amide bonds. The molecular weight excluding hydrogens is 390 g/mol. The summed E-state index contributed by atoms with van der Waals surface area (Å²) in [5.74, 6) is 0. The second kappa shape index (κ2) is 5.30. The molecule has 0 saturated carbocycles. The topological polar surface area (TPSA) is 22.0 Å². The third-order valence-corrected chi connectivity index (χ3v) is 6.92. The van der Waals surface area contributed by atoms with Gasteiger partial charge in [0, 0.05) is 0 Å². The molecule has 5 heteroatoms. The minimum absolute atomic E-state index is 0.776. The molecule has 4 rings (SSSR count). The van der Waals surface area contributed by atoms with Crippen LogP contribution in [0.5, 0.6) is 0 Å². The minimum atomic E-state index is 0.776. The van der Waals surface area contributed by atoms with Gasteiger partial charge < -0.3 is 4.57 Å². The van der Waals surface area contributed by atoms with E-state index in [2.05, 4.69) is 59.5 Å². The Morgan fingerprint density at radius 1 is 0.957 bits per heavy atom. The van der Waals surface area contributed by atoms with E-state index in [-0.39, 0.29) is 0 Å². The lowest BCUT2D eigenvalue weighted by atomic mass is 10.0. The monoisotopic (exact) mass is 403 g/mol. The number of nitrogens with zero attached hydrogens (tertiary/aromatic N) is 1. The Kier molecular flexibility index (Phi) is 3.48. The van der Waals surface area contributed by atoms with Gasteiger partial charge in [-0.2, -0.15) is 0 Å². The molecule has 0 spiro atoms. The van der Waals surface area contributed by atoms with Crippen molar-refractivity contribution in [1.29, 1.82) is 0 Å². The fraction of sp³-hybridized carbons (Fsp3) is 0.167. The van der Waals surface area contributed by atoms with Crippen LogP contribution in [0.4, 0.5) is 0 Å². The summed E-state index contributed by atoms with van der Waals surface area (Å²) in [6, 6.07) is 8.61. The molecule has 3 aromatic heterocycles. The molecule has 1 aromatic carbocycles. The van der Waals surface area contributed by atoms with Crippen LogP contribution in [0.3, 0.4) is 0 Å². The first-order valence-corrected chi connectivity index (χ1v) is 9.69. The number of aromatic nitrogens is 1. The van der Waals surface area contributed by atoms with Crippen molar-refractivity contribution in [1.82, 2.24) is 4.57 Å². The summed E-state index contributed by atoms with van der Waals surface area (Å²) in [6.45, 7) is 6.43. The van der Waals surface area contributed by atoms with Crippen LogP contribution in [0.25, 0.3) is 26.1 Å². The van der Waals surface area contributed by atoms with Crippen LogP contribution in [-0.2, 0) is 0 Å². The van der Waals surface area contributed by atoms with E-state index < -0.39 is 0 Å². The van der Waals surface area contributed by atoms with Crippen LogP contribution in [0.15, 0.2) is 28.1 Å². The zero-order chi connectivity index (χ0) is 16.3. The number of rotatable bonds is 2. The van der Waals surface area contributed by atoms with E-state index in [1.165, 1.54) is 37.3 Å². The number of fused-ring (bicyclic) bond motifs is 3. The van der Waals surface area contributed by atoms with Gasteiger partial charge >= 0.3 is 0 Å². The summed E-state index contributed by atoms with van der Waals surface area (Å²) in [5, 5.41) is 0. The number of thiophene rings is 2. The second-order valence-electron chi connectivity index (χ2n) is 5.83. The molecule has 0 bridgehead atoms. The average molecular weight is 404 g/mol. The van der Waals surface area contributed by atoms with Crippen molar-refractivity contribution >= 4 is 65.3 Å². The maximum atomic E-state index is 11.2. The second-order valence-corrected chi connectivity index (χ2v) is 9.34. The van der Waals surface area contributed by atoms with Gasteiger partial charge in [0.25, 0.3) is 0 Å². The van der Waals surface area contributed by atoms with Gasteiger partial charge in [0.15, 0.2) is 6.29 Å². The number of carbonyl (C=O) groups is 1. The first kappa shape index (κ1) is 15.1. The number of carbonyl (C=O) groups excluding carboxylic acids is 1. The van der Waals surface area contributed by atoms with E-state index in [1.54, 1.807) is 22.7 Å². The maximum Gasteiger partial charge on any atom is 0.160 e. The zero-order valence-corrected chi connectivity index (χ0v) is 16.2. The predicted molar refractivity (Wildman–Crippen MR) is 104 cm³/mol. The van der Waals surface area contributed by atoms with Gasteiger partial charge in [-0.3, -0.25) is 4.79 Å². The van der Waals surface area contributed by atoms with Crippen molar-refractivity contribution in [3.05, 3.63) is 49.6 Å². The number of halogens is 1. The lowest BCUT2D eigenvalue weighted by molar-refractivity contribution is 0.112. The lowest BCUT2D eigenvalue weighted by Gasteiger charge is -2.14. The van der Waals surface area contributed by atoms with Crippen molar-refractivity contribution in [2.75, 3.05) is 0 Å². The summed E-state index contributed by atoms with van der Waals surface area (Å²) in [6.07, 6.45) is 0.943. The van der Waals surface area contributed by atoms with E-state index in [9.17, 15) is 4.79 Å². The molecule has 23 heavy (non-hydrogen) atoms. The van der Waals surface area contributed by atoms with Crippen LogP contribution in [0.1, 0.15) is 26.4 Å². The van der Waals surface area contributed by atoms with Gasteiger partial charge in [-0.25, -0.2) is 0 Å². The Morgan fingerprint density at radius 2 is 1.57 bits per heavy atom. The maximum absolute atomic E-state index is 11.2. The van der Waals surface area contributed by atoms with E-state index >= 15 is 0 Å². The predicted octanol–water partition coefficient (Wildman–Crippen LogP) is 6.41. The van der Waals surface area contributed by atoms with Crippen LogP contribution in [0, 0.1) is 20.8 Å². The highest BCUT2D eigenvalue weighted by Crippen LogP contribution is 2.43. The molecule has 0 aliphatic heterocycles. The van der Waals surface area contributed by atoms with E-state index in [0.717, 1.165) is 20.5 Å². The molecule has 3 heterocycles. The molecule has 4 aromatic rings. The Morgan fingerprint density at radius 3 is 2.22 bits per heavy atom. The van der Waals surface area contributed by atoms with Crippen LogP contribution in [0.2, 0.25) is 0 Å². The van der Waals surface area contributed by atoms with Gasteiger partial charge in [0.2, 0.25) is 0 Å². The Labute approximate surface area is 150 Å². The third kappa shape index (κ3) is 2.22. The SMILES string of the molecule is Cc1cc(C)c(-n2c3cc(Br)sc3c3sc(C=O)cc32)c(C)c1. The Balaban J connectivity index is 2.20. The number of benzene rings is 1. The first-order valence-electron chi connectivity index (χ1n) is 7.26. The number of hydrogen-bond acceptors (Lipinski definition) is 3. The molecule has 0 atom stereocenters. The van der Waals surface area contributed by atoms with Gasteiger partial charge in [-0.15, -0.1) is 22.7 Å². The summed E-state index contributed by atoms with van der Waals surface area (Å²) in [4.78, 5) is 12.0. The van der Waals surface area contributed by atoms with Crippen molar-refractivity contribution in [3.63, 3.8) is 0 Å². The molecule has 0 aliphatic rings. The fourth-order valence-corrected chi connectivity index (χ4v) is 6.04. The highest BCUT2D eigenvalue weighted by molar-refractivity contribution is 9.11. The number of aldehydes is 1. The molecule has 0 radical (unpaired) electrons. The highest BCUT2D eigenvalue weighted by atomic mass is 79.9. The minimum Gasteiger partial charge on any atom is -0.307 e. The normalized spacial score (nSPS) is 11.7. The van der Waals surface area contributed by atoms with Crippen LogP contribution in [-0.4, -0.2) is 10.9 Å². The van der Waals surface area contributed by atoms with Crippen molar-refractivity contribution < 1.29 is 4.79 Å². The summed E-state index contributed by atoms with van der Waals surface area (Å²) in [7, 11) is 0. The lowest BCUT2D eigenvalue weighted by Crippen LogP contribution is -2.00. The molecule has 2 nitrogen and oxygen atoms in total. The quantitative estimate of drug-likeness (QED) is 0.354. The van der Waals surface area contributed by atoms with Crippen molar-refractivity contribution in [2.24, 2.45) is 0 Å². The van der Waals surface area contributed by atoms with Gasteiger partial charge in [-0.1, -0.05) is 17.7 Å². The average Bonchev–Trinajstić information content (AvgIpc) is 3.10. The molecule has 0 unspecified atom stereocenters. The van der Waals surface area contributed by atoms with E-state index in [4.69, 9.17) is 0 Å².